The highest BCUT2D eigenvalue weighted by Gasteiger charge is 2.14. The quantitative estimate of drug-likeness (QED) is 0.287. The van der Waals surface area contributed by atoms with Crippen molar-refractivity contribution in [1.29, 1.82) is 0 Å². The molecule has 0 unspecified atom stereocenters. The standard InChI is InChI=1S/C26H17NO/c1-16-11-12-27-24(13-16)21-8-4-7-20-23-14-18-10-9-17-5-2-3-6-19(17)22(18)15-25(23)28-26(20)21/h2-15H,1H3/i1D3,11D,12D. The molecule has 0 amide bonds. The van der Waals surface area contributed by atoms with E-state index in [1.807, 2.05) is 30.3 Å². The third-order valence-electron chi connectivity index (χ3n) is 5.29. The summed E-state index contributed by atoms with van der Waals surface area (Å²) < 4.78 is 45.6. The van der Waals surface area contributed by atoms with E-state index < -0.39 is 6.85 Å². The molecular formula is C26H17NO. The molecule has 0 fully saturated rings. The molecule has 0 radical (unpaired) electrons. The van der Waals surface area contributed by atoms with Gasteiger partial charge in [0.1, 0.15) is 11.2 Å². The van der Waals surface area contributed by atoms with Gasteiger partial charge in [-0.15, -0.1) is 0 Å². The van der Waals surface area contributed by atoms with E-state index in [1.54, 1.807) is 6.07 Å². The van der Waals surface area contributed by atoms with Crippen LogP contribution in [0.25, 0.3) is 54.7 Å². The molecule has 0 saturated carbocycles. The van der Waals surface area contributed by atoms with Crippen molar-refractivity contribution >= 4 is 43.5 Å². The lowest BCUT2D eigenvalue weighted by molar-refractivity contribution is 0.670. The average molecular weight is 364 g/mol. The molecule has 2 nitrogen and oxygen atoms in total. The fourth-order valence-electron chi connectivity index (χ4n) is 3.99. The Labute approximate surface area is 169 Å². The fourth-order valence-corrected chi connectivity index (χ4v) is 3.99. The zero-order chi connectivity index (χ0) is 22.9. The van der Waals surface area contributed by atoms with Gasteiger partial charge in [-0.1, -0.05) is 48.5 Å². The van der Waals surface area contributed by atoms with Gasteiger partial charge in [0.2, 0.25) is 0 Å². The molecule has 6 aromatic rings. The van der Waals surface area contributed by atoms with Crippen molar-refractivity contribution in [3.05, 3.63) is 90.6 Å². The Balaban J connectivity index is 1.66. The molecule has 6 rings (SSSR count). The van der Waals surface area contributed by atoms with Crippen LogP contribution in [0.15, 0.2) is 89.4 Å². The molecule has 2 heteroatoms. The summed E-state index contributed by atoms with van der Waals surface area (Å²) in [4.78, 5) is 4.20. The van der Waals surface area contributed by atoms with E-state index in [4.69, 9.17) is 11.3 Å². The highest BCUT2D eigenvalue weighted by molar-refractivity contribution is 6.17. The molecule has 0 aliphatic heterocycles. The van der Waals surface area contributed by atoms with Gasteiger partial charge in [-0.25, -0.2) is 0 Å². The zero-order valence-corrected chi connectivity index (χ0v) is 14.8. The van der Waals surface area contributed by atoms with Gasteiger partial charge in [-0.2, -0.15) is 0 Å². The number of aromatic nitrogens is 1. The van der Waals surface area contributed by atoms with Gasteiger partial charge >= 0.3 is 0 Å². The van der Waals surface area contributed by atoms with E-state index in [-0.39, 0.29) is 17.8 Å². The summed E-state index contributed by atoms with van der Waals surface area (Å²) in [5.41, 5.74) is 2.01. The van der Waals surface area contributed by atoms with E-state index >= 15 is 0 Å². The Hall–Kier alpha value is -3.65. The van der Waals surface area contributed by atoms with Crippen molar-refractivity contribution in [2.24, 2.45) is 0 Å². The average Bonchev–Trinajstić information content (AvgIpc) is 3.16. The predicted octanol–water partition coefficient (Wildman–Crippen LogP) is 7.26. The van der Waals surface area contributed by atoms with Crippen LogP contribution in [0.2, 0.25) is 0 Å². The Morgan fingerprint density at radius 3 is 2.68 bits per heavy atom. The monoisotopic (exact) mass is 364 g/mol. The van der Waals surface area contributed by atoms with Gasteiger partial charge in [0.05, 0.1) is 8.44 Å². The molecule has 0 aliphatic rings. The van der Waals surface area contributed by atoms with Crippen molar-refractivity contribution in [1.82, 2.24) is 4.98 Å². The van der Waals surface area contributed by atoms with Crippen molar-refractivity contribution in [2.45, 2.75) is 6.85 Å². The summed E-state index contributed by atoms with van der Waals surface area (Å²) in [5, 5.41) is 6.33. The van der Waals surface area contributed by atoms with Crippen LogP contribution in [0.5, 0.6) is 0 Å². The molecule has 0 saturated heterocycles. The Bertz CT molecular complexity index is 1730. The first kappa shape index (κ1) is 11.3. The van der Waals surface area contributed by atoms with Gasteiger partial charge in [0, 0.05) is 26.6 Å². The number of pyridine rings is 1. The predicted molar refractivity (Wildman–Crippen MR) is 117 cm³/mol. The molecule has 0 aliphatic carbocycles. The lowest BCUT2D eigenvalue weighted by Gasteiger charge is -2.03. The molecule has 0 atom stereocenters. The van der Waals surface area contributed by atoms with E-state index in [9.17, 15) is 0 Å². The third kappa shape index (κ3) is 2.18. The van der Waals surface area contributed by atoms with Gasteiger partial charge in [-0.05, 0) is 64.3 Å². The first-order valence-corrected chi connectivity index (χ1v) is 9.07. The van der Waals surface area contributed by atoms with Gasteiger partial charge < -0.3 is 4.42 Å². The number of fused-ring (bicyclic) bond motifs is 6. The molecule has 2 aromatic heterocycles. The minimum absolute atomic E-state index is 0.192. The second kappa shape index (κ2) is 5.67. The number of hydrogen-bond donors (Lipinski definition) is 0. The van der Waals surface area contributed by atoms with Crippen LogP contribution in [0.1, 0.15) is 12.4 Å². The minimum atomic E-state index is -2.51. The molecule has 0 N–H and O–H groups in total. The van der Waals surface area contributed by atoms with Crippen LogP contribution >= 0.6 is 0 Å². The molecule has 132 valence electrons. The maximum Gasteiger partial charge on any atom is 0.144 e. The van der Waals surface area contributed by atoms with Crippen LogP contribution < -0.4 is 0 Å². The highest BCUT2D eigenvalue weighted by Crippen LogP contribution is 2.38. The number of furan rings is 1. The second-order valence-corrected chi connectivity index (χ2v) is 6.93. The summed E-state index contributed by atoms with van der Waals surface area (Å²) in [6, 6.07) is 23.2. The number of rotatable bonds is 1. The van der Waals surface area contributed by atoms with E-state index in [2.05, 4.69) is 35.3 Å². The molecule has 28 heavy (non-hydrogen) atoms. The first-order chi connectivity index (χ1) is 15.8. The lowest BCUT2D eigenvalue weighted by atomic mass is 9.99. The molecule has 2 heterocycles. The van der Waals surface area contributed by atoms with Crippen LogP contribution in [-0.4, -0.2) is 4.98 Å². The Morgan fingerprint density at radius 2 is 1.71 bits per heavy atom. The first-order valence-electron chi connectivity index (χ1n) is 11.6. The number of aryl methyl sites for hydroxylation is 1. The smallest absolute Gasteiger partial charge is 0.144 e. The van der Waals surface area contributed by atoms with Crippen LogP contribution in [-0.2, 0) is 0 Å². The number of benzene rings is 4. The topological polar surface area (TPSA) is 26.0 Å². The van der Waals surface area contributed by atoms with Crippen LogP contribution in [0.4, 0.5) is 0 Å². The van der Waals surface area contributed by atoms with Crippen molar-refractivity contribution in [2.75, 3.05) is 0 Å². The van der Waals surface area contributed by atoms with Gasteiger partial charge in [0.25, 0.3) is 0 Å². The van der Waals surface area contributed by atoms with Crippen molar-refractivity contribution in [3.8, 4) is 11.3 Å². The summed E-state index contributed by atoms with van der Waals surface area (Å²) in [6.45, 7) is -2.51. The maximum absolute atomic E-state index is 8.04. The summed E-state index contributed by atoms with van der Waals surface area (Å²) >= 11 is 0. The number of nitrogens with zero attached hydrogens (tertiary/aromatic N) is 1. The van der Waals surface area contributed by atoms with E-state index in [1.165, 1.54) is 6.07 Å². The minimum Gasteiger partial charge on any atom is -0.455 e. The SMILES string of the molecule is [2H]c1nc(-c2cccc3c2oc2cc4c(ccc5ccccc54)cc23)cc(C([2H])([2H])[2H])c1[2H]. The molecule has 0 spiro atoms. The fraction of sp³-hybridized carbons (Fsp3) is 0.0385. The van der Waals surface area contributed by atoms with Crippen LogP contribution in [0, 0.1) is 6.85 Å². The van der Waals surface area contributed by atoms with E-state index in [0.717, 1.165) is 37.9 Å². The summed E-state index contributed by atoms with van der Waals surface area (Å²) in [5.74, 6) is 0. The van der Waals surface area contributed by atoms with Gasteiger partial charge in [-0.3, -0.25) is 4.98 Å². The van der Waals surface area contributed by atoms with Crippen molar-refractivity contribution in [3.63, 3.8) is 0 Å². The Kier molecular flexibility index (Phi) is 2.28. The molecular weight excluding hydrogens is 342 g/mol. The summed E-state index contributed by atoms with van der Waals surface area (Å²) in [6.07, 6.45) is -0.371. The Morgan fingerprint density at radius 1 is 0.821 bits per heavy atom. The van der Waals surface area contributed by atoms with E-state index in [0.29, 0.717) is 16.8 Å². The normalized spacial score (nSPS) is 14.8. The summed E-state index contributed by atoms with van der Waals surface area (Å²) in [7, 11) is 0. The second-order valence-electron chi connectivity index (χ2n) is 6.93. The van der Waals surface area contributed by atoms with Crippen LogP contribution in [0.3, 0.4) is 0 Å². The zero-order valence-electron chi connectivity index (χ0n) is 19.8. The lowest BCUT2D eigenvalue weighted by Crippen LogP contribution is -1.84. The molecule has 4 aromatic carbocycles. The van der Waals surface area contributed by atoms with Crippen molar-refractivity contribution < 1.29 is 11.3 Å². The van der Waals surface area contributed by atoms with Gasteiger partial charge in [0.15, 0.2) is 0 Å². The maximum atomic E-state index is 8.04. The third-order valence-corrected chi connectivity index (χ3v) is 5.29. The number of hydrogen-bond acceptors (Lipinski definition) is 2. The highest BCUT2D eigenvalue weighted by atomic mass is 16.3. The molecule has 0 bridgehead atoms. The number of para-hydroxylation sites is 1. The largest absolute Gasteiger partial charge is 0.455 e.